The topological polar surface area (TPSA) is 37.4 Å². The average Bonchev–Trinajstić information content (AvgIpc) is 3.05. The molecule has 0 spiro atoms. The zero-order valence-corrected chi connectivity index (χ0v) is 14.6. The smallest absolute Gasteiger partial charge is 0.207 e. The number of alkyl halides is 3. The van der Waals surface area contributed by atoms with Crippen LogP contribution in [0.25, 0.3) is 0 Å². The lowest BCUT2D eigenvalue weighted by atomic mass is 10.0. The molecule has 25 heavy (non-hydrogen) atoms. The lowest BCUT2D eigenvalue weighted by Gasteiger charge is -2.24. The molecular formula is C17H15ClF3NO2S. The summed E-state index contributed by atoms with van der Waals surface area (Å²) < 4.78 is 65.2. The first-order valence-corrected chi connectivity index (χ1v) is 9.46. The molecular weight excluding hydrogens is 375 g/mol. The van der Waals surface area contributed by atoms with Gasteiger partial charge in [0.2, 0.25) is 10.0 Å². The molecule has 1 heterocycles. The maximum atomic E-state index is 12.9. The van der Waals surface area contributed by atoms with Crippen LogP contribution >= 0.6 is 11.6 Å². The largest absolute Gasteiger partial charge is 0.416 e. The van der Waals surface area contributed by atoms with Crippen molar-refractivity contribution in [1.82, 2.24) is 4.31 Å². The van der Waals surface area contributed by atoms with Crippen molar-refractivity contribution in [2.45, 2.75) is 30.0 Å². The van der Waals surface area contributed by atoms with E-state index in [9.17, 15) is 21.6 Å². The van der Waals surface area contributed by atoms with Crippen LogP contribution in [-0.2, 0) is 16.2 Å². The molecule has 2 aromatic rings. The maximum Gasteiger partial charge on any atom is 0.416 e. The third-order valence-electron chi connectivity index (χ3n) is 4.25. The lowest BCUT2D eigenvalue weighted by Crippen LogP contribution is -2.30. The Morgan fingerprint density at radius 1 is 1.00 bits per heavy atom. The molecule has 0 unspecified atom stereocenters. The molecule has 1 aliphatic rings. The molecule has 0 saturated carbocycles. The van der Waals surface area contributed by atoms with Gasteiger partial charge in [0.15, 0.2) is 0 Å². The average molecular weight is 390 g/mol. The van der Waals surface area contributed by atoms with Crippen LogP contribution in [0, 0.1) is 0 Å². The first-order chi connectivity index (χ1) is 11.7. The Hall–Kier alpha value is -1.57. The Labute approximate surface area is 149 Å². The van der Waals surface area contributed by atoms with E-state index in [0.717, 1.165) is 12.1 Å². The van der Waals surface area contributed by atoms with Gasteiger partial charge in [-0.1, -0.05) is 23.7 Å². The summed E-state index contributed by atoms with van der Waals surface area (Å²) in [7, 11) is -3.74. The van der Waals surface area contributed by atoms with E-state index in [-0.39, 0.29) is 4.90 Å². The standard InChI is InChI=1S/C17H15ClF3NO2S/c18-14-7-9-15(10-8-14)25(23,24)22-11-1-2-16(22)12-3-5-13(6-4-12)17(19,20)21/h3-10,16H,1-2,11H2/t16-/m0/s1. The highest BCUT2D eigenvalue weighted by Crippen LogP contribution is 2.38. The molecule has 8 heteroatoms. The second-order valence-corrected chi connectivity index (χ2v) is 8.17. The maximum absolute atomic E-state index is 12.9. The van der Waals surface area contributed by atoms with E-state index < -0.39 is 27.8 Å². The Kier molecular flexibility index (Phi) is 4.83. The SMILES string of the molecule is O=S(=O)(c1ccc(Cl)cc1)N1CCC[C@H]1c1ccc(C(F)(F)F)cc1. The summed E-state index contributed by atoms with van der Waals surface area (Å²) in [6.45, 7) is 0.330. The second kappa shape index (κ2) is 6.63. The number of nitrogens with zero attached hydrogens (tertiary/aromatic N) is 1. The number of sulfonamides is 1. The van der Waals surface area contributed by atoms with Crippen LogP contribution in [0.5, 0.6) is 0 Å². The second-order valence-electron chi connectivity index (χ2n) is 5.85. The fourth-order valence-electron chi connectivity index (χ4n) is 3.00. The van der Waals surface area contributed by atoms with Crippen LogP contribution in [0.3, 0.4) is 0 Å². The first-order valence-electron chi connectivity index (χ1n) is 7.64. The van der Waals surface area contributed by atoms with E-state index in [1.54, 1.807) is 0 Å². The van der Waals surface area contributed by atoms with Crippen LogP contribution in [0.2, 0.25) is 5.02 Å². The summed E-state index contributed by atoms with van der Waals surface area (Å²) in [5, 5.41) is 0.430. The van der Waals surface area contributed by atoms with E-state index in [1.165, 1.54) is 40.7 Å². The fraction of sp³-hybridized carbons (Fsp3) is 0.294. The highest BCUT2D eigenvalue weighted by Gasteiger charge is 2.37. The first kappa shape index (κ1) is 18.2. The van der Waals surface area contributed by atoms with Gasteiger partial charge in [0.25, 0.3) is 0 Å². The number of halogens is 4. The minimum Gasteiger partial charge on any atom is -0.207 e. The van der Waals surface area contributed by atoms with Crippen molar-refractivity contribution in [3.05, 3.63) is 64.7 Å². The van der Waals surface area contributed by atoms with E-state index >= 15 is 0 Å². The van der Waals surface area contributed by atoms with Crippen molar-refractivity contribution in [3.63, 3.8) is 0 Å². The third-order valence-corrected chi connectivity index (χ3v) is 6.42. The van der Waals surface area contributed by atoms with E-state index in [4.69, 9.17) is 11.6 Å². The zero-order chi connectivity index (χ0) is 18.2. The predicted molar refractivity (Wildman–Crippen MR) is 88.8 cm³/mol. The van der Waals surface area contributed by atoms with Gasteiger partial charge in [-0.15, -0.1) is 0 Å². The van der Waals surface area contributed by atoms with Gasteiger partial charge in [-0.05, 0) is 54.8 Å². The summed E-state index contributed by atoms with van der Waals surface area (Å²) in [5.41, 5.74) is -0.190. The molecule has 1 aliphatic heterocycles. The molecule has 0 aromatic heterocycles. The van der Waals surface area contributed by atoms with Gasteiger partial charge in [0.05, 0.1) is 16.5 Å². The van der Waals surface area contributed by atoms with Gasteiger partial charge < -0.3 is 0 Å². The molecule has 0 amide bonds. The van der Waals surface area contributed by atoms with E-state index in [1.807, 2.05) is 0 Å². The Morgan fingerprint density at radius 2 is 1.60 bits per heavy atom. The van der Waals surface area contributed by atoms with Crippen molar-refractivity contribution in [2.75, 3.05) is 6.54 Å². The van der Waals surface area contributed by atoms with Gasteiger partial charge in [-0.2, -0.15) is 17.5 Å². The van der Waals surface area contributed by atoms with Crippen molar-refractivity contribution in [1.29, 1.82) is 0 Å². The molecule has 0 bridgehead atoms. The van der Waals surface area contributed by atoms with Crippen molar-refractivity contribution in [3.8, 4) is 0 Å². The predicted octanol–water partition coefficient (Wildman–Crippen LogP) is 4.88. The highest BCUT2D eigenvalue weighted by atomic mass is 35.5. The molecule has 134 valence electrons. The Balaban J connectivity index is 1.91. The van der Waals surface area contributed by atoms with Crippen molar-refractivity contribution >= 4 is 21.6 Å². The third kappa shape index (κ3) is 3.68. The molecule has 0 aliphatic carbocycles. The highest BCUT2D eigenvalue weighted by molar-refractivity contribution is 7.89. The molecule has 1 fully saturated rings. The van der Waals surface area contributed by atoms with Crippen LogP contribution < -0.4 is 0 Å². The molecule has 3 rings (SSSR count). The Bertz CT molecular complexity index is 849. The van der Waals surface area contributed by atoms with E-state index in [2.05, 4.69) is 0 Å². The quantitative estimate of drug-likeness (QED) is 0.749. The summed E-state index contributed by atoms with van der Waals surface area (Å²) in [5.74, 6) is 0. The van der Waals surface area contributed by atoms with Crippen LogP contribution in [0.15, 0.2) is 53.4 Å². The summed E-state index contributed by atoms with van der Waals surface area (Å²) >= 11 is 5.80. The monoisotopic (exact) mass is 389 g/mol. The van der Waals surface area contributed by atoms with Gasteiger partial charge in [0.1, 0.15) is 0 Å². The number of rotatable bonds is 3. The minimum atomic E-state index is -4.41. The number of hydrogen-bond acceptors (Lipinski definition) is 2. The number of benzene rings is 2. The van der Waals surface area contributed by atoms with Gasteiger partial charge in [-0.25, -0.2) is 8.42 Å². The van der Waals surface area contributed by atoms with Gasteiger partial charge >= 0.3 is 6.18 Å². The summed E-state index contributed by atoms with van der Waals surface area (Å²) in [4.78, 5) is 0.121. The Morgan fingerprint density at radius 3 is 2.16 bits per heavy atom. The summed E-state index contributed by atoms with van der Waals surface area (Å²) in [6, 6.07) is 10.1. The molecule has 2 aromatic carbocycles. The normalized spacial score (nSPS) is 19.3. The summed E-state index contributed by atoms with van der Waals surface area (Å²) in [6.07, 6.45) is -3.19. The lowest BCUT2D eigenvalue weighted by molar-refractivity contribution is -0.137. The van der Waals surface area contributed by atoms with Crippen molar-refractivity contribution < 1.29 is 21.6 Å². The van der Waals surface area contributed by atoms with Crippen LogP contribution in [0.1, 0.15) is 30.0 Å². The van der Waals surface area contributed by atoms with Gasteiger partial charge in [0, 0.05) is 11.6 Å². The van der Waals surface area contributed by atoms with Crippen molar-refractivity contribution in [2.24, 2.45) is 0 Å². The van der Waals surface area contributed by atoms with Crippen LogP contribution in [0.4, 0.5) is 13.2 Å². The fourth-order valence-corrected chi connectivity index (χ4v) is 4.81. The minimum absolute atomic E-state index is 0.121. The molecule has 0 radical (unpaired) electrons. The van der Waals surface area contributed by atoms with E-state index in [0.29, 0.717) is 30.0 Å². The van der Waals surface area contributed by atoms with Crippen LogP contribution in [-0.4, -0.2) is 19.3 Å². The molecule has 1 atom stereocenters. The molecule has 0 N–H and O–H groups in total. The molecule has 3 nitrogen and oxygen atoms in total. The zero-order valence-electron chi connectivity index (χ0n) is 13.0. The number of hydrogen-bond donors (Lipinski definition) is 0. The molecule has 1 saturated heterocycles. The van der Waals surface area contributed by atoms with Gasteiger partial charge in [-0.3, -0.25) is 0 Å².